The summed E-state index contributed by atoms with van der Waals surface area (Å²) in [4.78, 5) is 3.52. The zero-order valence-corrected chi connectivity index (χ0v) is 12.5. The lowest BCUT2D eigenvalue weighted by atomic mass is 10.1. The lowest BCUT2D eigenvalue weighted by Gasteiger charge is -2.24. The quantitative estimate of drug-likeness (QED) is 0.836. The number of rotatable bonds is 5. The summed E-state index contributed by atoms with van der Waals surface area (Å²) in [5.74, 6) is -0.349. The average molecular weight is 288 g/mol. The van der Waals surface area contributed by atoms with Crippen LogP contribution in [0.2, 0.25) is 0 Å². The first-order chi connectivity index (χ1) is 9.58. The number of nitrogens with zero attached hydrogens (tertiary/aromatic N) is 2. The molecule has 1 heterocycles. The number of benzene rings is 1. The summed E-state index contributed by atoms with van der Waals surface area (Å²) in [7, 11) is 2.02. The Bertz CT molecular complexity index is 601. The zero-order valence-electron chi connectivity index (χ0n) is 11.6. The van der Waals surface area contributed by atoms with Gasteiger partial charge in [0.2, 0.25) is 0 Å². The van der Waals surface area contributed by atoms with Crippen molar-refractivity contribution in [2.75, 3.05) is 7.05 Å². The first-order valence-electron chi connectivity index (χ1n) is 6.50. The fourth-order valence-corrected chi connectivity index (χ4v) is 2.95. The molecule has 4 heteroatoms. The van der Waals surface area contributed by atoms with Crippen LogP contribution >= 0.6 is 11.3 Å². The molecule has 20 heavy (non-hydrogen) atoms. The van der Waals surface area contributed by atoms with Crippen LogP contribution in [-0.4, -0.2) is 18.0 Å². The fourth-order valence-electron chi connectivity index (χ4n) is 2.13. The second kappa shape index (κ2) is 6.65. The maximum absolute atomic E-state index is 13.4. The van der Waals surface area contributed by atoms with Gasteiger partial charge in [-0.3, -0.25) is 4.90 Å². The van der Waals surface area contributed by atoms with Crippen molar-refractivity contribution < 1.29 is 4.39 Å². The minimum absolute atomic E-state index is 0.349. The number of halogens is 1. The molecule has 0 amide bonds. The molecule has 2 nitrogen and oxygen atoms in total. The van der Waals surface area contributed by atoms with Gasteiger partial charge in [0.25, 0.3) is 0 Å². The highest BCUT2D eigenvalue weighted by molar-refractivity contribution is 7.09. The van der Waals surface area contributed by atoms with Crippen molar-refractivity contribution >= 4 is 11.3 Å². The Hall–Kier alpha value is -1.70. The van der Waals surface area contributed by atoms with E-state index in [1.807, 2.05) is 13.1 Å². The molecule has 0 aliphatic rings. The summed E-state index contributed by atoms with van der Waals surface area (Å²) in [5.41, 5.74) is 1.21. The van der Waals surface area contributed by atoms with Gasteiger partial charge in [0.05, 0.1) is 11.6 Å². The van der Waals surface area contributed by atoms with E-state index in [1.54, 1.807) is 17.4 Å². The minimum Gasteiger partial charge on any atom is -0.299 e. The highest BCUT2D eigenvalue weighted by Gasteiger charge is 2.12. The number of nitriles is 1. The van der Waals surface area contributed by atoms with E-state index in [-0.39, 0.29) is 5.82 Å². The molecule has 1 aromatic carbocycles. The van der Waals surface area contributed by atoms with Gasteiger partial charge in [0, 0.05) is 17.5 Å². The van der Waals surface area contributed by atoms with E-state index in [0.717, 1.165) is 12.0 Å². The van der Waals surface area contributed by atoms with E-state index in [9.17, 15) is 4.39 Å². The van der Waals surface area contributed by atoms with Crippen molar-refractivity contribution in [3.63, 3.8) is 0 Å². The van der Waals surface area contributed by atoms with Crippen molar-refractivity contribution in [1.29, 1.82) is 5.26 Å². The third kappa shape index (κ3) is 3.89. The van der Waals surface area contributed by atoms with Crippen molar-refractivity contribution in [2.24, 2.45) is 0 Å². The van der Waals surface area contributed by atoms with E-state index in [0.29, 0.717) is 18.2 Å². The van der Waals surface area contributed by atoms with Crippen molar-refractivity contribution in [1.82, 2.24) is 4.90 Å². The van der Waals surface area contributed by atoms with Crippen LogP contribution in [0.25, 0.3) is 0 Å². The largest absolute Gasteiger partial charge is 0.299 e. The van der Waals surface area contributed by atoms with Crippen LogP contribution in [0.15, 0.2) is 35.7 Å². The van der Waals surface area contributed by atoms with Gasteiger partial charge < -0.3 is 0 Å². The highest BCUT2D eigenvalue weighted by atomic mass is 32.1. The third-order valence-corrected chi connectivity index (χ3v) is 4.25. The third-order valence-electron chi connectivity index (χ3n) is 3.35. The lowest BCUT2D eigenvalue weighted by Crippen LogP contribution is -2.30. The molecule has 0 aliphatic carbocycles. The smallest absolute Gasteiger partial charge is 0.124 e. The lowest BCUT2D eigenvalue weighted by molar-refractivity contribution is 0.248. The van der Waals surface area contributed by atoms with Gasteiger partial charge >= 0.3 is 0 Å². The Labute approximate surface area is 123 Å². The van der Waals surface area contributed by atoms with Crippen LogP contribution in [0, 0.1) is 17.1 Å². The molecule has 1 aromatic heterocycles. The van der Waals surface area contributed by atoms with E-state index < -0.39 is 0 Å². The molecule has 0 bridgehead atoms. The van der Waals surface area contributed by atoms with E-state index >= 15 is 0 Å². The molecule has 0 fully saturated rings. The van der Waals surface area contributed by atoms with Gasteiger partial charge in [-0.1, -0.05) is 6.07 Å². The number of likely N-dealkylation sites (N-methyl/N-ethyl adjacent to an activating group) is 1. The summed E-state index contributed by atoms with van der Waals surface area (Å²) < 4.78 is 13.4. The maximum Gasteiger partial charge on any atom is 0.124 e. The molecule has 0 spiro atoms. The molecule has 104 valence electrons. The second-order valence-electron chi connectivity index (χ2n) is 5.01. The van der Waals surface area contributed by atoms with Gasteiger partial charge in [-0.2, -0.15) is 5.26 Å². The standard InChI is InChI=1S/C16H17FN2S/c1-12(6-16-4-3-5-20-16)19(2)11-14-7-13(10-18)8-15(17)9-14/h3-5,7-9,12H,6,11H2,1-2H3. The molecule has 1 atom stereocenters. The summed E-state index contributed by atoms with van der Waals surface area (Å²) in [6, 6.07) is 11.0. The summed E-state index contributed by atoms with van der Waals surface area (Å²) in [5, 5.41) is 10.9. The Morgan fingerprint density at radius 1 is 1.40 bits per heavy atom. The number of hydrogen-bond acceptors (Lipinski definition) is 3. The summed E-state index contributed by atoms with van der Waals surface area (Å²) in [6.45, 7) is 2.79. The topological polar surface area (TPSA) is 27.0 Å². The van der Waals surface area contributed by atoms with Crippen LogP contribution in [0.3, 0.4) is 0 Å². The van der Waals surface area contributed by atoms with Crippen LogP contribution in [-0.2, 0) is 13.0 Å². The maximum atomic E-state index is 13.4. The van der Waals surface area contributed by atoms with Crippen LogP contribution in [0.1, 0.15) is 22.9 Å². The van der Waals surface area contributed by atoms with E-state index in [4.69, 9.17) is 5.26 Å². The Kier molecular flexibility index (Phi) is 4.89. The summed E-state index contributed by atoms with van der Waals surface area (Å²) >= 11 is 1.75. The minimum atomic E-state index is -0.349. The van der Waals surface area contributed by atoms with Crippen LogP contribution < -0.4 is 0 Å². The Morgan fingerprint density at radius 2 is 2.20 bits per heavy atom. The zero-order chi connectivity index (χ0) is 14.5. The number of thiophene rings is 1. The van der Waals surface area contributed by atoms with Gasteiger partial charge in [-0.25, -0.2) is 4.39 Å². The molecule has 0 saturated heterocycles. The van der Waals surface area contributed by atoms with Gasteiger partial charge in [0.15, 0.2) is 0 Å². The first-order valence-corrected chi connectivity index (χ1v) is 7.38. The highest BCUT2D eigenvalue weighted by Crippen LogP contribution is 2.16. The van der Waals surface area contributed by atoms with E-state index in [1.165, 1.54) is 17.0 Å². The number of hydrogen-bond donors (Lipinski definition) is 0. The van der Waals surface area contributed by atoms with Crippen molar-refractivity contribution in [3.05, 3.63) is 57.5 Å². The van der Waals surface area contributed by atoms with Crippen molar-refractivity contribution in [2.45, 2.75) is 25.9 Å². The molecule has 1 unspecified atom stereocenters. The molecule has 2 aromatic rings. The Balaban J connectivity index is 2.02. The molecular formula is C16H17FN2S. The van der Waals surface area contributed by atoms with Gasteiger partial charge in [-0.05, 0) is 55.6 Å². The predicted octanol–water partition coefficient (Wildman–Crippen LogP) is 3.82. The second-order valence-corrected chi connectivity index (χ2v) is 6.04. The van der Waals surface area contributed by atoms with Crippen LogP contribution in [0.4, 0.5) is 4.39 Å². The molecule has 2 rings (SSSR count). The normalized spacial score (nSPS) is 12.3. The van der Waals surface area contributed by atoms with Gasteiger partial charge in [0.1, 0.15) is 5.82 Å². The summed E-state index contributed by atoms with van der Waals surface area (Å²) in [6.07, 6.45) is 0.981. The van der Waals surface area contributed by atoms with Crippen molar-refractivity contribution in [3.8, 4) is 6.07 Å². The molecule has 0 aliphatic heterocycles. The molecule has 0 radical (unpaired) electrons. The monoisotopic (exact) mass is 288 g/mol. The van der Waals surface area contributed by atoms with Gasteiger partial charge in [-0.15, -0.1) is 11.3 Å². The average Bonchev–Trinajstić information content (AvgIpc) is 2.90. The predicted molar refractivity (Wildman–Crippen MR) is 80.1 cm³/mol. The first kappa shape index (κ1) is 14.7. The molecule has 0 N–H and O–H groups in total. The van der Waals surface area contributed by atoms with Crippen LogP contribution in [0.5, 0.6) is 0 Å². The molecular weight excluding hydrogens is 271 g/mol. The van der Waals surface area contributed by atoms with E-state index in [2.05, 4.69) is 29.3 Å². The fraction of sp³-hybridized carbons (Fsp3) is 0.312. The molecule has 0 saturated carbocycles. The SMILES string of the molecule is CC(Cc1cccs1)N(C)Cc1cc(F)cc(C#N)c1. The Morgan fingerprint density at radius 3 is 2.85 bits per heavy atom.